The SMILES string of the molecule is CC(C)(C)[Si](c1ccccc1)(c1ccccc1)c1ccc(Br)nc1CO. The molecule has 0 aliphatic heterocycles. The Morgan fingerprint density at radius 1 is 0.846 bits per heavy atom. The van der Waals surface area contributed by atoms with Gasteiger partial charge in [0.15, 0.2) is 8.07 Å². The zero-order valence-electron chi connectivity index (χ0n) is 15.4. The van der Waals surface area contributed by atoms with E-state index in [1.54, 1.807) is 0 Å². The summed E-state index contributed by atoms with van der Waals surface area (Å²) in [6, 6.07) is 25.6. The van der Waals surface area contributed by atoms with Crippen LogP contribution in [-0.2, 0) is 6.61 Å². The molecule has 2 nitrogen and oxygen atoms in total. The molecule has 3 aromatic rings. The van der Waals surface area contributed by atoms with Crippen LogP contribution in [0.15, 0.2) is 77.4 Å². The van der Waals surface area contributed by atoms with E-state index < -0.39 is 8.07 Å². The molecule has 1 aromatic heterocycles. The summed E-state index contributed by atoms with van der Waals surface area (Å²) in [5.41, 5.74) is 0.758. The molecule has 0 unspecified atom stereocenters. The van der Waals surface area contributed by atoms with Crippen LogP contribution in [0.2, 0.25) is 5.04 Å². The van der Waals surface area contributed by atoms with Crippen LogP contribution in [-0.4, -0.2) is 18.2 Å². The predicted molar refractivity (Wildman–Crippen MR) is 115 cm³/mol. The molecule has 4 heteroatoms. The molecule has 0 fully saturated rings. The van der Waals surface area contributed by atoms with Gasteiger partial charge in [-0.1, -0.05) is 87.5 Å². The van der Waals surface area contributed by atoms with E-state index in [4.69, 9.17) is 0 Å². The number of pyridine rings is 1. The minimum Gasteiger partial charge on any atom is -0.390 e. The third-order valence-corrected chi connectivity index (χ3v) is 11.4. The van der Waals surface area contributed by atoms with Crippen molar-refractivity contribution in [2.24, 2.45) is 0 Å². The second-order valence-electron chi connectivity index (χ2n) is 7.52. The summed E-state index contributed by atoms with van der Waals surface area (Å²) in [6.45, 7) is 6.85. The maximum absolute atomic E-state index is 10.1. The average molecular weight is 426 g/mol. The summed E-state index contributed by atoms with van der Waals surface area (Å²) in [5.74, 6) is 0. The maximum atomic E-state index is 10.1. The highest BCUT2D eigenvalue weighted by molar-refractivity contribution is 9.10. The van der Waals surface area contributed by atoms with Crippen molar-refractivity contribution in [2.45, 2.75) is 32.4 Å². The van der Waals surface area contributed by atoms with Crippen LogP contribution in [0.4, 0.5) is 0 Å². The number of benzene rings is 2. The van der Waals surface area contributed by atoms with Gasteiger partial charge in [0.1, 0.15) is 4.60 Å². The second-order valence-corrected chi connectivity index (χ2v) is 13.0. The van der Waals surface area contributed by atoms with Crippen molar-refractivity contribution in [1.29, 1.82) is 0 Å². The Balaban J connectivity index is 2.47. The van der Waals surface area contributed by atoms with Gasteiger partial charge in [-0.15, -0.1) is 0 Å². The largest absolute Gasteiger partial charge is 0.390 e. The lowest BCUT2D eigenvalue weighted by atomic mass is 10.2. The van der Waals surface area contributed by atoms with Crippen molar-refractivity contribution in [3.05, 3.63) is 83.1 Å². The third-order valence-electron chi connectivity index (χ3n) is 5.03. The van der Waals surface area contributed by atoms with E-state index in [-0.39, 0.29) is 11.6 Å². The number of aromatic nitrogens is 1. The van der Waals surface area contributed by atoms with Gasteiger partial charge in [0.05, 0.1) is 12.3 Å². The molecule has 0 aliphatic rings. The van der Waals surface area contributed by atoms with Gasteiger partial charge in [-0.25, -0.2) is 4.98 Å². The Bertz CT molecular complexity index is 836. The van der Waals surface area contributed by atoms with Gasteiger partial charge in [-0.05, 0) is 42.6 Å². The molecule has 2 aromatic carbocycles. The second kappa shape index (κ2) is 7.47. The lowest BCUT2D eigenvalue weighted by Crippen LogP contribution is -2.73. The Morgan fingerprint density at radius 2 is 1.35 bits per heavy atom. The van der Waals surface area contributed by atoms with Crippen molar-refractivity contribution < 1.29 is 5.11 Å². The van der Waals surface area contributed by atoms with Crippen LogP contribution in [0.1, 0.15) is 26.5 Å². The number of hydrogen-bond donors (Lipinski definition) is 1. The molecule has 134 valence electrons. The Hall–Kier alpha value is -1.75. The number of hydrogen-bond acceptors (Lipinski definition) is 2. The molecule has 1 heterocycles. The maximum Gasteiger partial charge on any atom is 0.155 e. The number of halogens is 1. The van der Waals surface area contributed by atoms with E-state index in [0.29, 0.717) is 0 Å². The van der Waals surface area contributed by atoms with E-state index >= 15 is 0 Å². The zero-order chi connectivity index (χ0) is 18.8. The summed E-state index contributed by atoms with van der Waals surface area (Å²) in [6.07, 6.45) is 0. The van der Waals surface area contributed by atoms with E-state index in [1.807, 2.05) is 6.07 Å². The number of aliphatic hydroxyl groups is 1. The highest BCUT2D eigenvalue weighted by Crippen LogP contribution is 2.36. The van der Waals surface area contributed by atoms with E-state index in [9.17, 15) is 5.11 Å². The highest BCUT2D eigenvalue weighted by Gasteiger charge is 2.50. The van der Waals surface area contributed by atoms with Gasteiger partial charge in [-0.2, -0.15) is 0 Å². The molecule has 0 spiro atoms. The van der Waals surface area contributed by atoms with Crippen LogP contribution >= 0.6 is 15.9 Å². The average Bonchev–Trinajstić information content (AvgIpc) is 2.64. The normalized spacial score (nSPS) is 12.2. The number of aliphatic hydroxyl groups excluding tert-OH is 1. The molecular weight excluding hydrogens is 402 g/mol. The van der Waals surface area contributed by atoms with Gasteiger partial charge in [0, 0.05) is 0 Å². The fourth-order valence-electron chi connectivity index (χ4n) is 4.06. The summed E-state index contributed by atoms with van der Waals surface area (Å²) in [7, 11) is -2.46. The first-order valence-corrected chi connectivity index (χ1v) is 11.6. The standard InChI is InChI=1S/C22H24BrNOSi/c1-22(2,3)26(17-10-6-4-7-11-17,18-12-8-5-9-13-18)20-14-15-21(23)24-19(20)16-25/h4-15,25H,16H2,1-3H3. The molecule has 3 rings (SSSR count). The smallest absolute Gasteiger partial charge is 0.155 e. The fourth-order valence-corrected chi connectivity index (χ4v) is 10.2. The lowest BCUT2D eigenvalue weighted by molar-refractivity contribution is 0.277. The molecule has 0 aliphatic carbocycles. The van der Waals surface area contributed by atoms with Crippen LogP contribution in [0.5, 0.6) is 0 Å². The Morgan fingerprint density at radius 3 is 1.77 bits per heavy atom. The first-order chi connectivity index (χ1) is 12.4. The molecule has 0 atom stereocenters. The van der Waals surface area contributed by atoms with Gasteiger partial charge >= 0.3 is 0 Å². The van der Waals surface area contributed by atoms with Crippen LogP contribution in [0, 0.1) is 0 Å². The third kappa shape index (κ3) is 3.17. The van der Waals surface area contributed by atoms with Crippen molar-refractivity contribution >= 4 is 39.6 Å². The first-order valence-electron chi connectivity index (χ1n) is 8.79. The molecule has 0 saturated heterocycles. The number of rotatable bonds is 4. The first kappa shape index (κ1) is 19.0. The van der Waals surface area contributed by atoms with E-state index in [2.05, 4.69) is 108 Å². The zero-order valence-corrected chi connectivity index (χ0v) is 18.0. The summed E-state index contributed by atoms with van der Waals surface area (Å²) >= 11 is 3.46. The molecule has 1 N–H and O–H groups in total. The van der Waals surface area contributed by atoms with E-state index in [1.165, 1.54) is 15.6 Å². The molecule has 0 radical (unpaired) electrons. The summed E-state index contributed by atoms with van der Waals surface area (Å²) < 4.78 is 0.753. The van der Waals surface area contributed by atoms with Crippen LogP contribution in [0.25, 0.3) is 0 Å². The summed E-state index contributed by atoms with van der Waals surface area (Å²) in [5, 5.41) is 13.9. The van der Waals surface area contributed by atoms with Gasteiger partial charge in [-0.3, -0.25) is 0 Å². The van der Waals surface area contributed by atoms with E-state index in [0.717, 1.165) is 10.3 Å². The van der Waals surface area contributed by atoms with Gasteiger partial charge < -0.3 is 5.11 Å². The van der Waals surface area contributed by atoms with Crippen molar-refractivity contribution in [2.75, 3.05) is 0 Å². The minimum atomic E-state index is -2.46. The number of nitrogens with zero attached hydrogens (tertiary/aromatic N) is 1. The van der Waals surface area contributed by atoms with Gasteiger partial charge in [0.2, 0.25) is 0 Å². The molecular formula is C22H24BrNOSi. The van der Waals surface area contributed by atoms with Crippen LogP contribution < -0.4 is 15.6 Å². The molecule has 26 heavy (non-hydrogen) atoms. The molecule has 0 saturated carbocycles. The topological polar surface area (TPSA) is 33.1 Å². The predicted octanol–water partition coefficient (Wildman–Crippen LogP) is 3.61. The Labute approximate surface area is 165 Å². The van der Waals surface area contributed by atoms with Crippen molar-refractivity contribution in [1.82, 2.24) is 4.98 Å². The minimum absolute atomic E-state index is 0.0187. The highest BCUT2D eigenvalue weighted by atomic mass is 79.9. The van der Waals surface area contributed by atoms with Crippen molar-refractivity contribution in [3.8, 4) is 0 Å². The summed E-state index contributed by atoms with van der Waals surface area (Å²) in [4.78, 5) is 4.62. The van der Waals surface area contributed by atoms with Gasteiger partial charge in [0.25, 0.3) is 0 Å². The Kier molecular flexibility index (Phi) is 5.46. The van der Waals surface area contributed by atoms with Crippen molar-refractivity contribution in [3.63, 3.8) is 0 Å². The lowest BCUT2D eigenvalue weighted by Gasteiger charge is -2.45. The molecule has 0 amide bonds. The fraction of sp³-hybridized carbons (Fsp3) is 0.227. The monoisotopic (exact) mass is 425 g/mol. The quantitative estimate of drug-likeness (QED) is 0.511. The molecule has 0 bridgehead atoms. The van der Waals surface area contributed by atoms with Crippen LogP contribution in [0.3, 0.4) is 0 Å².